The minimum Gasteiger partial charge on any atom is -0.444 e. The van der Waals surface area contributed by atoms with Crippen LogP contribution in [-0.2, 0) is 14.6 Å². The summed E-state index contributed by atoms with van der Waals surface area (Å²) in [5.74, 6) is -1.14. The molecule has 0 bridgehead atoms. The van der Waals surface area contributed by atoms with Crippen molar-refractivity contribution in [1.82, 2.24) is 5.32 Å². The molecule has 0 atom stereocenters. The van der Waals surface area contributed by atoms with E-state index in [9.17, 15) is 28.1 Å². The molecule has 2 aromatic carbocycles. The number of benzene rings is 2. The largest absolute Gasteiger partial charge is 0.444 e. The summed E-state index contributed by atoms with van der Waals surface area (Å²) in [7, 11) is -3.74. The van der Waals surface area contributed by atoms with Gasteiger partial charge in [0.05, 0.1) is 26.2 Å². The summed E-state index contributed by atoms with van der Waals surface area (Å²) in [6, 6.07) is 8.87. The van der Waals surface area contributed by atoms with Crippen molar-refractivity contribution in [2.45, 2.75) is 31.3 Å². The summed E-state index contributed by atoms with van der Waals surface area (Å²) in [4.78, 5) is 34.2. The second-order valence-corrected chi connectivity index (χ2v) is 10.2. The number of anilines is 1. The fraction of sp³-hybridized carbons (Fsp3) is 0.300. The zero-order chi connectivity index (χ0) is 24.1. The van der Waals surface area contributed by atoms with E-state index in [1.807, 2.05) is 0 Å². The van der Waals surface area contributed by atoms with Crippen molar-refractivity contribution in [3.63, 3.8) is 0 Å². The van der Waals surface area contributed by atoms with Crippen LogP contribution in [0, 0.1) is 10.1 Å². The molecule has 0 saturated heterocycles. The zero-order valence-electron chi connectivity index (χ0n) is 17.5. The molecular formula is C20H22ClN3O7S. The molecular weight excluding hydrogens is 462 g/mol. The number of ether oxygens (including phenoxy) is 1. The molecule has 32 heavy (non-hydrogen) atoms. The van der Waals surface area contributed by atoms with Crippen molar-refractivity contribution in [1.29, 1.82) is 0 Å². The minimum atomic E-state index is -3.74. The van der Waals surface area contributed by atoms with E-state index in [0.717, 1.165) is 12.1 Å². The molecule has 0 aliphatic heterocycles. The quantitative estimate of drug-likeness (QED) is 0.450. The number of hydrogen-bond donors (Lipinski definition) is 2. The van der Waals surface area contributed by atoms with E-state index < -0.39 is 38.1 Å². The lowest BCUT2D eigenvalue weighted by Crippen LogP contribution is -2.29. The van der Waals surface area contributed by atoms with Gasteiger partial charge in [0.1, 0.15) is 5.60 Å². The SMILES string of the molecule is CC(C)(C)OC(=O)Nc1ccc(S(=O)(=O)CCNC(=O)c2cc([N+](=O)[O-])ccc2Cl)cc1. The molecule has 172 valence electrons. The van der Waals surface area contributed by atoms with E-state index in [1.54, 1.807) is 20.8 Å². The van der Waals surface area contributed by atoms with Crippen molar-refractivity contribution in [3.8, 4) is 0 Å². The third kappa shape index (κ3) is 7.20. The molecule has 0 fully saturated rings. The number of sulfone groups is 1. The van der Waals surface area contributed by atoms with Crippen LogP contribution in [0.25, 0.3) is 0 Å². The van der Waals surface area contributed by atoms with Crippen LogP contribution in [0.4, 0.5) is 16.2 Å². The molecule has 0 heterocycles. The van der Waals surface area contributed by atoms with Gasteiger partial charge in [0.15, 0.2) is 9.84 Å². The van der Waals surface area contributed by atoms with Gasteiger partial charge in [-0.25, -0.2) is 13.2 Å². The molecule has 0 saturated carbocycles. The first-order chi connectivity index (χ1) is 14.8. The Balaban J connectivity index is 1.97. The average molecular weight is 484 g/mol. The molecule has 0 unspecified atom stereocenters. The van der Waals surface area contributed by atoms with E-state index in [1.165, 1.54) is 30.3 Å². The summed E-state index contributed by atoms with van der Waals surface area (Å²) in [5, 5.41) is 15.7. The number of nitro groups is 1. The zero-order valence-corrected chi connectivity index (χ0v) is 19.1. The number of hydrogen-bond acceptors (Lipinski definition) is 7. The Hall–Kier alpha value is -3.18. The summed E-state index contributed by atoms with van der Waals surface area (Å²) in [6.07, 6.45) is -0.671. The van der Waals surface area contributed by atoms with Crippen molar-refractivity contribution < 1.29 is 27.7 Å². The van der Waals surface area contributed by atoms with Crippen LogP contribution in [0.1, 0.15) is 31.1 Å². The monoisotopic (exact) mass is 483 g/mol. The second kappa shape index (κ2) is 9.96. The summed E-state index contributed by atoms with van der Waals surface area (Å²) in [5.41, 5.74) is -0.762. The van der Waals surface area contributed by atoms with Crippen molar-refractivity contribution in [2.24, 2.45) is 0 Å². The Bertz CT molecular complexity index is 1130. The van der Waals surface area contributed by atoms with Gasteiger partial charge in [-0.2, -0.15) is 0 Å². The van der Waals surface area contributed by atoms with E-state index >= 15 is 0 Å². The van der Waals surface area contributed by atoms with Crippen LogP contribution < -0.4 is 10.6 Å². The van der Waals surface area contributed by atoms with Gasteiger partial charge < -0.3 is 10.1 Å². The first kappa shape index (κ1) is 25.1. The van der Waals surface area contributed by atoms with Crippen molar-refractivity contribution >= 4 is 44.8 Å². The average Bonchev–Trinajstić information content (AvgIpc) is 2.66. The highest BCUT2D eigenvalue weighted by Crippen LogP contribution is 2.22. The van der Waals surface area contributed by atoms with Gasteiger partial charge in [0.2, 0.25) is 0 Å². The highest BCUT2D eigenvalue weighted by atomic mass is 35.5. The number of nitrogens with zero attached hydrogens (tertiary/aromatic N) is 1. The van der Waals surface area contributed by atoms with Crippen LogP contribution in [0.5, 0.6) is 0 Å². The summed E-state index contributed by atoms with van der Waals surface area (Å²) in [6.45, 7) is 4.91. The lowest BCUT2D eigenvalue weighted by atomic mass is 10.2. The lowest BCUT2D eigenvalue weighted by Gasteiger charge is -2.19. The third-order valence-corrected chi connectivity index (χ3v) is 5.98. The molecule has 12 heteroatoms. The van der Waals surface area contributed by atoms with Gasteiger partial charge in [-0.1, -0.05) is 11.6 Å². The van der Waals surface area contributed by atoms with Crippen LogP contribution in [0.2, 0.25) is 5.02 Å². The maximum atomic E-state index is 12.5. The first-order valence-electron chi connectivity index (χ1n) is 9.33. The molecule has 2 amide bonds. The topological polar surface area (TPSA) is 145 Å². The number of halogens is 1. The molecule has 0 aliphatic carbocycles. The number of nitro benzene ring substituents is 1. The van der Waals surface area contributed by atoms with Crippen LogP contribution >= 0.6 is 11.6 Å². The number of rotatable bonds is 7. The van der Waals surface area contributed by atoms with Gasteiger partial charge in [0, 0.05) is 24.4 Å². The standard InChI is InChI=1S/C20H22ClN3O7S/c1-20(2,3)31-19(26)23-13-4-7-15(8-5-13)32(29,30)11-10-22-18(25)16-12-14(24(27)28)6-9-17(16)21/h4-9,12H,10-11H2,1-3H3,(H,22,25)(H,23,26). The van der Waals surface area contributed by atoms with Crippen LogP contribution in [-0.4, -0.2) is 43.2 Å². The first-order valence-corrected chi connectivity index (χ1v) is 11.4. The van der Waals surface area contributed by atoms with E-state index in [-0.39, 0.29) is 27.7 Å². The normalized spacial score (nSPS) is 11.5. The molecule has 2 aromatic rings. The number of carbonyl (C=O) groups is 2. The Morgan fingerprint density at radius 1 is 1.12 bits per heavy atom. The molecule has 0 radical (unpaired) electrons. The van der Waals surface area contributed by atoms with E-state index in [4.69, 9.17) is 16.3 Å². The van der Waals surface area contributed by atoms with Crippen molar-refractivity contribution in [2.75, 3.05) is 17.6 Å². The lowest BCUT2D eigenvalue weighted by molar-refractivity contribution is -0.384. The number of amides is 2. The fourth-order valence-electron chi connectivity index (χ4n) is 2.48. The predicted molar refractivity (Wildman–Crippen MR) is 119 cm³/mol. The minimum absolute atomic E-state index is 0.00373. The second-order valence-electron chi connectivity index (χ2n) is 7.65. The Morgan fingerprint density at radius 3 is 2.31 bits per heavy atom. The summed E-state index contributed by atoms with van der Waals surface area (Å²) < 4.78 is 30.1. The Morgan fingerprint density at radius 2 is 1.75 bits per heavy atom. The highest BCUT2D eigenvalue weighted by molar-refractivity contribution is 7.91. The maximum absolute atomic E-state index is 12.5. The molecule has 0 spiro atoms. The molecule has 10 nitrogen and oxygen atoms in total. The Labute approximate surface area is 190 Å². The Kier molecular flexibility index (Phi) is 7.81. The number of non-ortho nitro benzene ring substituents is 1. The highest BCUT2D eigenvalue weighted by Gasteiger charge is 2.19. The number of carbonyl (C=O) groups excluding carboxylic acids is 2. The van der Waals surface area contributed by atoms with Gasteiger partial charge in [-0.05, 0) is 51.1 Å². The molecule has 0 aromatic heterocycles. The number of nitrogens with one attached hydrogen (secondary N) is 2. The van der Waals surface area contributed by atoms with Gasteiger partial charge in [-0.15, -0.1) is 0 Å². The van der Waals surface area contributed by atoms with Gasteiger partial charge in [-0.3, -0.25) is 20.2 Å². The maximum Gasteiger partial charge on any atom is 0.412 e. The summed E-state index contributed by atoms with van der Waals surface area (Å²) >= 11 is 5.91. The molecule has 2 rings (SSSR count). The van der Waals surface area contributed by atoms with E-state index in [2.05, 4.69) is 10.6 Å². The van der Waals surface area contributed by atoms with Crippen LogP contribution in [0.3, 0.4) is 0 Å². The fourth-order valence-corrected chi connectivity index (χ4v) is 3.84. The van der Waals surface area contributed by atoms with Crippen LogP contribution in [0.15, 0.2) is 47.4 Å². The smallest absolute Gasteiger partial charge is 0.412 e. The van der Waals surface area contributed by atoms with E-state index in [0.29, 0.717) is 5.69 Å². The van der Waals surface area contributed by atoms with Gasteiger partial charge in [0.25, 0.3) is 11.6 Å². The van der Waals surface area contributed by atoms with Crippen molar-refractivity contribution in [3.05, 3.63) is 63.2 Å². The van der Waals surface area contributed by atoms with Gasteiger partial charge >= 0.3 is 6.09 Å². The predicted octanol–water partition coefficient (Wildman–Crippen LogP) is 3.80. The molecule has 0 aliphatic rings. The third-order valence-electron chi connectivity index (χ3n) is 3.92. The molecule has 2 N–H and O–H groups in total.